The van der Waals surface area contributed by atoms with E-state index in [4.69, 9.17) is 5.11 Å². The number of Topliss-reactive ketones (excluding diaryl/α,β-unsaturated/α-hetero) is 1. The third kappa shape index (κ3) is 1.26. The van der Waals surface area contributed by atoms with Gasteiger partial charge in [0.05, 0.1) is 6.26 Å². The predicted molar refractivity (Wildman–Crippen MR) is 47.9 cm³/mol. The van der Waals surface area contributed by atoms with E-state index in [2.05, 4.69) is 6.92 Å². The summed E-state index contributed by atoms with van der Waals surface area (Å²) in [7, 11) is 0. The molecule has 0 unspecified atom stereocenters. The minimum atomic E-state index is -0.299. The van der Waals surface area contributed by atoms with Crippen LogP contribution in [0.4, 0.5) is 0 Å². The molecule has 0 radical (unpaired) electrons. The summed E-state index contributed by atoms with van der Waals surface area (Å²) in [5.41, 5.74) is 0.283. The number of carbonyl (C=O) groups excluding carboxylic acids is 1. The Morgan fingerprint density at radius 2 is 2.17 bits per heavy atom. The molecule has 1 aliphatic rings. The van der Waals surface area contributed by atoms with Gasteiger partial charge in [-0.2, -0.15) is 0 Å². The number of aliphatic hydroxyl groups is 1. The summed E-state index contributed by atoms with van der Waals surface area (Å²) >= 11 is 0. The SMILES string of the molecule is C[C@@H]1CCC(=CO)C(=O)C1(C)C. The Morgan fingerprint density at radius 3 is 2.67 bits per heavy atom. The summed E-state index contributed by atoms with van der Waals surface area (Å²) in [6, 6.07) is 0. The molecule has 0 aliphatic heterocycles. The second-order valence-corrected chi connectivity index (χ2v) is 4.14. The molecule has 0 amide bonds. The van der Waals surface area contributed by atoms with Gasteiger partial charge in [0.2, 0.25) is 0 Å². The van der Waals surface area contributed by atoms with Gasteiger partial charge >= 0.3 is 0 Å². The molecule has 1 fully saturated rings. The van der Waals surface area contributed by atoms with Gasteiger partial charge in [-0.25, -0.2) is 0 Å². The van der Waals surface area contributed by atoms with Crippen molar-refractivity contribution in [3.05, 3.63) is 11.8 Å². The number of aliphatic hydroxyl groups excluding tert-OH is 1. The number of ketones is 1. The molecule has 0 bridgehead atoms. The second kappa shape index (κ2) is 2.92. The molecule has 0 spiro atoms. The zero-order valence-corrected chi connectivity index (χ0v) is 7.92. The molecule has 0 aromatic heterocycles. The number of allylic oxidation sites excluding steroid dienone is 1. The average molecular weight is 168 g/mol. The molecular weight excluding hydrogens is 152 g/mol. The van der Waals surface area contributed by atoms with Crippen LogP contribution in [0.25, 0.3) is 0 Å². The van der Waals surface area contributed by atoms with Gasteiger partial charge in [0, 0.05) is 11.0 Å². The lowest BCUT2D eigenvalue weighted by atomic mass is 9.67. The molecule has 1 atom stereocenters. The topological polar surface area (TPSA) is 37.3 Å². The lowest BCUT2D eigenvalue weighted by molar-refractivity contribution is -0.127. The molecule has 0 aromatic carbocycles. The minimum Gasteiger partial charge on any atom is -0.515 e. The van der Waals surface area contributed by atoms with E-state index < -0.39 is 0 Å². The molecule has 1 N–H and O–H groups in total. The van der Waals surface area contributed by atoms with Crippen molar-refractivity contribution in [1.82, 2.24) is 0 Å². The summed E-state index contributed by atoms with van der Waals surface area (Å²) in [5, 5.41) is 8.80. The molecule has 1 saturated carbocycles. The maximum absolute atomic E-state index is 11.7. The summed E-state index contributed by atoms with van der Waals surface area (Å²) in [6.07, 6.45) is 2.68. The smallest absolute Gasteiger partial charge is 0.167 e. The fourth-order valence-corrected chi connectivity index (χ4v) is 1.61. The van der Waals surface area contributed by atoms with Crippen molar-refractivity contribution in [2.45, 2.75) is 33.6 Å². The first kappa shape index (κ1) is 9.30. The minimum absolute atomic E-state index is 0.101. The van der Waals surface area contributed by atoms with Gasteiger partial charge in [-0.3, -0.25) is 4.79 Å². The van der Waals surface area contributed by atoms with Gasteiger partial charge in [-0.05, 0) is 18.8 Å². The van der Waals surface area contributed by atoms with Gasteiger partial charge in [-0.15, -0.1) is 0 Å². The Hall–Kier alpha value is -0.790. The third-order valence-electron chi connectivity index (χ3n) is 3.11. The Bertz CT molecular complexity index is 226. The van der Waals surface area contributed by atoms with Crippen LogP contribution in [-0.2, 0) is 4.79 Å². The summed E-state index contributed by atoms with van der Waals surface area (Å²) in [6.45, 7) is 5.98. The largest absolute Gasteiger partial charge is 0.515 e. The van der Waals surface area contributed by atoms with E-state index in [9.17, 15) is 4.79 Å². The van der Waals surface area contributed by atoms with Crippen molar-refractivity contribution in [1.29, 1.82) is 0 Å². The van der Waals surface area contributed by atoms with E-state index in [1.807, 2.05) is 13.8 Å². The van der Waals surface area contributed by atoms with Gasteiger partial charge in [0.25, 0.3) is 0 Å². The van der Waals surface area contributed by atoms with Crippen molar-refractivity contribution >= 4 is 5.78 Å². The molecule has 0 heterocycles. The molecular formula is C10H16O2. The monoisotopic (exact) mass is 168 g/mol. The Kier molecular flexibility index (Phi) is 2.27. The van der Waals surface area contributed by atoms with Crippen molar-refractivity contribution < 1.29 is 9.90 Å². The summed E-state index contributed by atoms with van der Waals surface area (Å²) in [5.74, 6) is 0.512. The van der Waals surface area contributed by atoms with Crippen molar-refractivity contribution in [3.63, 3.8) is 0 Å². The quantitative estimate of drug-likeness (QED) is 0.445. The van der Waals surface area contributed by atoms with Gasteiger partial charge in [-0.1, -0.05) is 20.8 Å². The maximum atomic E-state index is 11.7. The lowest BCUT2D eigenvalue weighted by Gasteiger charge is -2.35. The third-order valence-corrected chi connectivity index (χ3v) is 3.11. The normalized spacial score (nSPS) is 32.4. The first-order valence-electron chi connectivity index (χ1n) is 4.38. The summed E-state index contributed by atoms with van der Waals surface area (Å²) in [4.78, 5) is 11.7. The van der Waals surface area contributed by atoms with Crippen LogP contribution in [0.5, 0.6) is 0 Å². The zero-order chi connectivity index (χ0) is 9.35. The fourth-order valence-electron chi connectivity index (χ4n) is 1.61. The molecule has 0 saturated heterocycles. The van der Waals surface area contributed by atoms with E-state index in [0.717, 1.165) is 19.1 Å². The number of hydrogen-bond acceptors (Lipinski definition) is 2. The van der Waals surface area contributed by atoms with Crippen molar-refractivity contribution in [2.24, 2.45) is 11.3 Å². The summed E-state index contributed by atoms with van der Waals surface area (Å²) < 4.78 is 0. The van der Waals surface area contributed by atoms with Crippen LogP contribution < -0.4 is 0 Å². The van der Waals surface area contributed by atoms with Gasteiger partial charge in [0.1, 0.15) is 0 Å². The van der Waals surface area contributed by atoms with Gasteiger partial charge in [0.15, 0.2) is 5.78 Å². The number of carbonyl (C=O) groups is 1. The maximum Gasteiger partial charge on any atom is 0.167 e. The Morgan fingerprint density at radius 1 is 1.58 bits per heavy atom. The van der Waals surface area contributed by atoms with Crippen molar-refractivity contribution in [3.8, 4) is 0 Å². The van der Waals surface area contributed by atoms with Gasteiger partial charge < -0.3 is 5.11 Å². The fraction of sp³-hybridized carbons (Fsp3) is 0.700. The zero-order valence-electron chi connectivity index (χ0n) is 7.92. The molecule has 1 aliphatic carbocycles. The molecule has 1 rings (SSSR count). The van der Waals surface area contributed by atoms with Crippen molar-refractivity contribution in [2.75, 3.05) is 0 Å². The molecule has 2 nitrogen and oxygen atoms in total. The van der Waals surface area contributed by atoms with Crippen LogP contribution in [0.15, 0.2) is 11.8 Å². The highest BCUT2D eigenvalue weighted by Crippen LogP contribution is 2.39. The van der Waals surface area contributed by atoms with Crippen LogP contribution in [-0.4, -0.2) is 10.9 Å². The second-order valence-electron chi connectivity index (χ2n) is 4.14. The molecule has 0 aromatic rings. The number of hydrogen-bond donors (Lipinski definition) is 1. The number of rotatable bonds is 0. The average Bonchev–Trinajstić information content (AvgIpc) is 2.02. The highest BCUT2D eigenvalue weighted by atomic mass is 16.2. The Labute approximate surface area is 73.3 Å². The van der Waals surface area contributed by atoms with E-state index in [0.29, 0.717) is 11.5 Å². The van der Waals surface area contributed by atoms with E-state index in [1.165, 1.54) is 0 Å². The highest BCUT2D eigenvalue weighted by Gasteiger charge is 2.39. The molecule has 68 valence electrons. The van der Waals surface area contributed by atoms with Crippen LogP contribution in [0.1, 0.15) is 33.6 Å². The molecule has 2 heteroatoms. The van der Waals surface area contributed by atoms with Crippen LogP contribution in [0.2, 0.25) is 0 Å². The van der Waals surface area contributed by atoms with E-state index >= 15 is 0 Å². The molecule has 12 heavy (non-hydrogen) atoms. The van der Waals surface area contributed by atoms with Crippen LogP contribution in [0, 0.1) is 11.3 Å². The first-order chi connectivity index (χ1) is 5.50. The van der Waals surface area contributed by atoms with E-state index in [-0.39, 0.29) is 11.2 Å². The first-order valence-corrected chi connectivity index (χ1v) is 4.38. The highest BCUT2D eigenvalue weighted by molar-refractivity contribution is 6.00. The van der Waals surface area contributed by atoms with Crippen LogP contribution in [0.3, 0.4) is 0 Å². The lowest BCUT2D eigenvalue weighted by Crippen LogP contribution is -2.36. The standard InChI is InChI=1S/C10H16O2/c1-7-4-5-8(6-11)9(12)10(7,2)3/h6-7,11H,4-5H2,1-3H3/t7-/m1/s1. The van der Waals surface area contributed by atoms with E-state index in [1.54, 1.807) is 0 Å². The predicted octanol–water partition coefficient (Wildman–Crippen LogP) is 2.45. The van der Waals surface area contributed by atoms with Crippen LogP contribution >= 0.6 is 0 Å². The Balaban J connectivity index is 2.93.